The van der Waals surface area contributed by atoms with Gasteiger partial charge >= 0.3 is 0 Å². The summed E-state index contributed by atoms with van der Waals surface area (Å²) in [5.41, 5.74) is 14.5. The van der Waals surface area contributed by atoms with Gasteiger partial charge in [-0.25, -0.2) is 0 Å². The molecule has 0 fully saturated rings. The first-order valence-corrected chi connectivity index (χ1v) is 19.2. The number of rotatable bonds is 5. The number of phenols is 1. The van der Waals surface area contributed by atoms with Crippen LogP contribution in [0.3, 0.4) is 0 Å². The number of hydrogen-bond acceptors (Lipinski definition) is 4. The molecule has 0 aliphatic rings. The maximum absolute atomic E-state index is 11.5. The molecule has 9 aromatic rings. The molecule has 4 heterocycles. The molecular weight excluding hydrogens is 882 g/mol. The molecule has 0 radical (unpaired) electrons. The normalized spacial score (nSPS) is 12.1. The molecule has 286 valence electrons. The van der Waals surface area contributed by atoms with Gasteiger partial charge < -0.3 is 13.9 Å². The van der Waals surface area contributed by atoms with Crippen molar-refractivity contribution in [1.29, 1.82) is 0 Å². The van der Waals surface area contributed by atoms with Crippen molar-refractivity contribution >= 4 is 27.6 Å². The molecule has 0 saturated heterocycles. The monoisotopic (exact) mass is 925 g/mol. The van der Waals surface area contributed by atoms with Gasteiger partial charge in [-0.2, -0.15) is 0 Å². The van der Waals surface area contributed by atoms with Crippen LogP contribution in [-0.4, -0.2) is 19.5 Å². The van der Waals surface area contributed by atoms with Gasteiger partial charge in [0.1, 0.15) is 22.6 Å². The number of hydrogen-bond donors (Lipinski definition) is 1. The fourth-order valence-electron chi connectivity index (χ4n) is 7.72. The molecule has 0 amide bonds. The molecule has 0 aliphatic carbocycles. The summed E-state index contributed by atoms with van der Waals surface area (Å²) in [6.07, 6.45) is 2.09. The summed E-state index contributed by atoms with van der Waals surface area (Å²) in [6.45, 7) is 15.7. The Bertz CT molecular complexity index is 2940. The van der Waals surface area contributed by atoms with Gasteiger partial charge in [-0.3, -0.25) is 9.97 Å². The smallest absolute Gasteiger partial charge is 0.148 e. The number of furan rings is 1. The second kappa shape index (κ2) is 14.3. The third kappa shape index (κ3) is 6.89. The van der Waals surface area contributed by atoms with Crippen molar-refractivity contribution in [3.8, 4) is 61.9 Å². The second-order valence-corrected chi connectivity index (χ2v) is 16.9. The summed E-state index contributed by atoms with van der Waals surface area (Å²) >= 11 is 0. The van der Waals surface area contributed by atoms with Gasteiger partial charge in [0.05, 0.1) is 11.3 Å². The van der Waals surface area contributed by atoms with Crippen molar-refractivity contribution in [3.05, 3.63) is 156 Å². The topological polar surface area (TPSA) is 63.6 Å². The standard InChI is InChI=1S/C51H44N3O2.Pt/c1-31-15-8-9-18-38(31)34-28-41(52-42(29-34)46-43(55)23-22-40-39-19-10-11-20-44(39)56-49(40)46)32-16-14-17-33(25-32)47-48(54-24-13-12-21-45(54)53-47)35-26-36(50(2,3)4)30-37(27-35)51(5,6)7;/h8-24,26-30,55H,1-7H3;/q-1;. The van der Waals surface area contributed by atoms with Gasteiger partial charge in [-0.1, -0.05) is 113 Å². The number of nitrogens with zero attached hydrogens (tertiary/aromatic N) is 3. The number of phenolic OH excluding ortho intramolecular Hbond substituents is 1. The molecule has 0 aliphatic heterocycles. The summed E-state index contributed by atoms with van der Waals surface area (Å²) < 4.78 is 8.63. The number of pyridine rings is 2. The molecule has 1 N–H and O–H groups in total. The molecule has 5 aromatic carbocycles. The minimum Gasteiger partial charge on any atom is -0.507 e. The number of aryl methyl sites for hydroxylation is 1. The zero-order valence-electron chi connectivity index (χ0n) is 33.2. The van der Waals surface area contributed by atoms with E-state index in [0.29, 0.717) is 16.8 Å². The Balaban J connectivity index is 0.00000455. The Labute approximate surface area is 348 Å². The van der Waals surface area contributed by atoms with E-state index in [1.54, 1.807) is 6.07 Å². The van der Waals surface area contributed by atoms with Crippen LogP contribution in [-0.2, 0) is 31.9 Å². The molecule has 0 unspecified atom stereocenters. The van der Waals surface area contributed by atoms with E-state index in [4.69, 9.17) is 14.4 Å². The third-order valence-electron chi connectivity index (χ3n) is 10.9. The largest absolute Gasteiger partial charge is 0.507 e. The molecule has 0 spiro atoms. The van der Waals surface area contributed by atoms with E-state index in [1.165, 1.54) is 11.1 Å². The van der Waals surface area contributed by atoms with E-state index in [2.05, 4.69) is 132 Å². The Morgan fingerprint density at radius 1 is 0.632 bits per heavy atom. The number of imidazole rings is 1. The molecule has 6 heteroatoms. The fraction of sp³-hybridized carbons (Fsp3) is 0.176. The predicted molar refractivity (Wildman–Crippen MR) is 230 cm³/mol. The van der Waals surface area contributed by atoms with E-state index in [0.717, 1.165) is 72.5 Å². The summed E-state index contributed by atoms with van der Waals surface area (Å²) in [7, 11) is 0. The molecule has 0 bridgehead atoms. The van der Waals surface area contributed by atoms with Gasteiger partial charge in [-0.05, 0) is 99.7 Å². The van der Waals surface area contributed by atoms with Crippen molar-refractivity contribution in [1.82, 2.24) is 14.4 Å². The zero-order chi connectivity index (χ0) is 38.9. The van der Waals surface area contributed by atoms with Gasteiger partial charge in [-0.15, -0.1) is 24.3 Å². The Hall–Kier alpha value is -5.77. The average Bonchev–Trinajstić information content (AvgIpc) is 3.76. The first kappa shape index (κ1) is 38.1. The number of benzene rings is 5. The molecule has 57 heavy (non-hydrogen) atoms. The summed E-state index contributed by atoms with van der Waals surface area (Å²) in [5.74, 6) is 0.108. The SMILES string of the molecule is Cc1ccccc1-c1cc(-c2[c-]c(-c3nc4ccccn4c3-c3cc(C(C)(C)C)cc(C(C)(C)C)c3)ccc2)nc(-c2c(O)ccc3c2oc2ccccc23)c1.[Pt]. The van der Waals surface area contributed by atoms with Gasteiger partial charge in [0.2, 0.25) is 0 Å². The number of para-hydroxylation sites is 1. The van der Waals surface area contributed by atoms with Crippen molar-refractivity contribution in [3.63, 3.8) is 0 Å². The van der Waals surface area contributed by atoms with Crippen molar-refractivity contribution in [2.75, 3.05) is 0 Å². The van der Waals surface area contributed by atoms with Crippen molar-refractivity contribution < 1.29 is 30.6 Å². The minimum atomic E-state index is -0.0463. The van der Waals surface area contributed by atoms with E-state index >= 15 is 0 Å². The van der Waals surface area contributed by atoms with E-state index in [1.807, 2.05) is 54.6 Å². The summed E-state index contributed by atoms with van der Waals surface area (Å²) in [6, 6.07) is 47.2. The Morgan fingerprint density at radius 3 is 2.07 bits per heavy atom. The minimum absolute atomic E-state index is 0. The second-order valence-electron chi connectivity index (χ2n) is 16.9. The molecule has 0 atom stereocenters. The zero-order valence-corrected chi connectivity index (χ0v) is 35.5. The predicted octanol–water partition coefficient (Wildman–Crippen LogP) is 13.4. The summed E-state index contributed by atoms with van der Waals surface area (Å²) in [5, 5.41) is 13.4. The Morgan fingerprint density at radius 2 is 1.32 bits per heavy atom. The summed E-state index contributed by atoms with van der Waals surface area (Å²) in [4.78, 5) is 10.5. The third-order valence-corrected chi connectivity index (χ3v) is 10.9. The molecule has 0 saturated carbocycles. The van der Waals surface area contributed by atoms with E-state index in [9.17, 15) is 5.11 Å². The van der Waals surface area contributed by atoms with Gasteiger partial charge in [0, 0.05) is 55.1 Å². The Kier molecular flexibility index (Phi) is 9.57. The van der Waals surface area contributed by atoms with E-state index in [-0.39, 0.29) is 37.6 Å². The van der Waals surface area contributed by atoms with Crippen LogP contribution in [0.2, 0.25) is 0 Å². The first-order valence-electron chi connectivity index (χ1n) is 19.2. The van der Waals surface area contributed by atoms with Crippen LogP contribution in [0, 0.1) is 13.0 Å². The maximum Gasteiger partial charge on any atom is 0.148 e. The van der Waals surface area contributed by atoms with Gasteiger partial charge in [0.25, 0.3) is 0 Å². The van der Waals surface area contributed by atoms with Crippen LogP contribution in [0.1, 0.15) is 58.2 Å². The number of aromatic nitrogens is 3. The molecule has 4 aromatic heterocycles. The average molecular weight is 926 g/mol. The molecule has 5 nitrogen and oxygen atoms in total. The van der Waals surface area contributed by atoms with Crippen LogP contribution in [0.25, 0.3) is 83.7 Å². The number of aromatic hydroxyl groups is 1. The quantitative estimate of drug-likeness (QED) is 0.175. The van der Waals surface area contributed by atoms with Gasteiger partial charge in [0.15, 0.2) is 0 Å². The van der Waals surface area contributed by atoms with Crippen LogP contribution in [0.5, 0.6) is 5.75 Å². The van der Waals surface area contributed by atoms with Crippen molar-refractivity contribution in [2.45, 2.75) is 59.3 Å². The maximum atomic E-state index is 11.5. The molecule has 9 rings (SSSR count). The molecular formula is C51H44N3O2Pt-. The van der Waals surface area contributed by atoms with Crippen LogP contribution < -0.4 is 0 Å². The van der Waals surface area contributed by atoms with Crippen molar-refractivity contribution in [2.24, 2.45) is 0 Å². The van der Waals surface area contributed by atoms with Crippen LogP contribution in [0.4, 0.5) is 0 Å². The number of fused-ring (bicyclic) bond motifs is 4. The fourth-order valence-corrected chi connectivity index (χ4v) is 7.72. The van der Waals surface area contributed by atoms with Crippen LogP contribution >= 0.6 is 0 Å². The van der Waals surface area contributed by atoms with Crippen LogP contribution in [0.15, 0.2) is 138 Å². The van der Waals surface area contributed by atoms with E-state index < -0.39 is 0 Å². The first-order chi connectivity index (χ1) is 26.8.